The van der Waals surface area contributed by atoms with Crippen LogP contribution in [-0.4, -0.2) is 38.0 Å². The summed E-state index contributed by atoms with van der Waals surface area (Å²) < 4.78 is 1.97. The number of carbonyl (C=O) groups is 1. The van der Waals surface area contributed by atoms with E-state index in [1.807, 2.05) is 29.3 Å². The van der Waals surface area contributed by atoms with Gasteiger partial charge in [0.2, 0.25) is 0 Å². The number of nitrogens with zero attached hydrogens (tertiary/aromatic N) is 4. The van der Waals surface area contributed by atoms with Crippen molar-refractivity contribution in [3.8, 4) is 0 Å². The van der Waals surface area contributed by atoms with Crippen molar-refractivity contribution in [3.63, 3.8) is 0 Å². The fourth-order valence-electron chi connectivity index (χ4n) is 4.24. The first kappa shape index (κ1) is 18.2. The van der Waals surface area contributed by atoms with Crippen LogP contribution in [0.5, 0.6) is 0 Å². The molecule has 1 amide bonds. The second kappa shape index (κ2) is 7.09. The maximum Gasteiger partial charge on any atom is 0.269 e. The van der Waals surface area contributed by atoms with Gasteiger partial charge in [-0.3, -0.25) is 9.48 Å². The molecule has 7 nitrogen and oxygen atoms in total. The minimum absolute atomic E-state index is 0.132. The first-order valence-electron chi connectivity index (χ1n) is 9.30. The van der Waals surface area contributed by atoms with Crippen LogP contribution in [0.4, 0.5) is 0 Å². The molecule has 1 aromatic carbocycles. The summed E-state index contributed by atoms with van der Waals surface area (Å²) in [6, 6.07) is 4.09. The molecule has 8 heteroatoms. The van der Waals surface area contributed by atoms with Gasteiger partial charge in [-0.1, -0.05) is 31.2 Å². The van der Waals surface area contributed by atoms with Crippen LogP contribution in [0, 0.1) is 5.92 Å². The van der Waals surface area contributed by atoms with Crippen LogP contribution >= 0.6 is 11.8 Å². The fraction of sp³-hybridized carbons (Fsp3) is 0.474. The van der Waals surface area contributed by atoms with E-state index in [4.69, 9.17) is 16.5 Å². The van der Waals surface area contributed by atoms with Gasteiger partial charge in [-0.05, 0) is 37.5 Å². The molecule has 142 valence electrons. The van der Waals surface area contributed by atoms with Gasteiger partial charge in [0.15, 0.2) is 10.9 Å². The predicted molar refractivity (Wildman–Crippen MR) is 108 cm³/mol. The molecule has 1 aliphatic carbocycles. The minimum Gasteiger partial charge on any atom is -0.364 e. The van der Waals surface area contributed by atoms with Crippen molar-refractivity contribution in [2.75, 3.05) is 6.26 Å². The van der Waals surface area contributed by atoms with E-state index in [1.54, 1.807) is 0 Å². The third kappa shape index (κ3) is 3.06. The lowest BCUT2D eigenvalue weighted by atomic mass is 9.80. The third-order valence-corrected chi connectivity index (χ3v) is 6.21. The first-order valence-corrected chi connectivity index (χ1v) is 10.5. The van der Waals surface area contributed by atoms with Gasteiger partial charge in [0, 0.05) is 23.0 Å². The highest BCUT2D eigenvalue weighted by atomic mass is 32.2. The van der Waals surface area contributed by atoms with Crippen molar-refractivity contribution in [2.45, 2.75) is 49.8 Å². The Kier molecular flexibility index (Phi) is 4.77. The van der Waals surface area contributed by atoms with E-state index >= 15 is 0 Å². The highest BCUT2D eigenvalue weighted by Gasteiger charge is 2.32. The zero-order valence-electron chi connectivity index (χ0n) is 15.6. The van der Waals surface area contributed by atoms with E-state index in [2.05, 4.69) is 17.0 Å². The van der Waals surface area contributed by atoms with E-state index < -0.39 is 5.91 Å². The Morgan fingerprint density at radius 2 is 2.19 bits per heavy atom. The number of benzene rings is 1. The Morgan fingerprint density at radius 3 is 2.89 bits per heavy atom. The Bertz CT molecular complexity index is 1020. The Balaban J connectivity index is 2.03. The Hall–Kier alpha value is -2.19. The molecule has 3 unspecified atom stereocenters. The van der Waals surface area contributed by atoms with Crippen molar-refractivity contribution in [2.24, 2.45) is 17.4 Å². The monoisotopic (exact) mass is 384 g/mol. The molecular weight excluding hydrogens is 360 g/mol. The van der Waals surface area contributed by atoms with Gasteiger partial charge < -0.3 is 11.5 Å². The molecule has 1 fully saturated rings. The smallest absolute Gasteiger partial charge is 0.269 e. The van der Waals surface area contributed by atoms with Gasteiger partial charge in [-0.2, -0.15) is 5.10 Å². The molecule has 4 rings (SSSR count). The molecule has 0 radical (unpaired) electrons. The lowest BCUT2D eigenvalue weighted by Gasteiger charge is -2.34. The molecule has 4 N–H and O–H groups in total. The summed E-state index contributed by atoms with van der Waals surface area (Å²) in [6.07, 6.45) is 7.73. The standard InChI is InChI=1S/C19H24N6OS/c1-3-10-4-6-12(20)8-14(10)25-17-13(16(24-25)18(21)26)7-5-11-9-22-19(27-2)23-15(11)17/h5,7,9-10,12,14H,3-4,6,8,20H2,1-2H3,(H2,21,26). The summed E-state index contributed by atoms with van der Waals surface area (Å²) in [5.41, 5.74) is 13.9. The third-order valence-electron chi connectivity index (χ3n) is 5.65. The summed E-state index contributed by atoms with van der Waals surface area (Å²) in [5, 5.41) is 7.03. The molecule has 1 saturated carbocycles. The molecule has 2 heterocycles. The topological polar surface area (TPSA) is 113 Å². The predicted octanol–water partition coefficient (Wildman–Crippen LogP) is 2.88. The number of fused-ring (bicyclic) bond motifs is 3. The van der Waals surface area contributed by atoms with E-state index in [0.717, 1.165) is 47.5 Å². The maximum atomic E-state index is 12.1. The summed E-state index contributed by atoms with van der Waals surface area (Å²) in [4.78, 5) is 21.2. The van der Waals surface area contributed by atoms with Crippen LogP contribution in [0.15, 0.2) is 23.5 Å². The molecule has 3 aromatic rings. The quantitative estimate of drug-likeness (QED) is 0.528. The second-order valence-electron chi connectivity index (χ2n) is 7.22. The van der Waals surface area contributed by atoms with Crippen LogP contribution in [0.3, 0.4) is 0 Å². The zero-order chi connectivity index (χ0) is 19.1. The van der Waals surface area contributed by atoms with Crippen molar-refractivity contribution < 1.29 is 4.79 Å². The minimum atomic E-state index is -0.523. The molecule has 0 bridgehead atoms. The number of thioether (sulfide) groups is 1. The zero-order valence-corrected chi connectivity index (χ0v) is 16.4. The van der Waals surface area contributed by atoms with E-state index in [0.29, 0.717) is 16.8 Å². The number of hydrogen-bond donors (Lipinski definition) is 2. The van der Waals surface area contributed by atoms with Crippen molar-refractivity contribution in [1.29, 1.82) is 0 Å². The fourth-order valence-corrected chi connectivity index (χ4v) is 4.58. The second-order valence-corrected chi connectivity index (χ2v) is 8.00. The molecule has 1 aliphatic rings. The van der Waals surface area contributed by atoms with Gasteiger partial charge in [0.1, 0.15) is 5.52 Å². The summed E-state index contributed by atoms with van der Waals surface area (Å²) >= 11 is 1.49. The molecule has 27 heavy (non-hydrogen) atoms. The molecule has 0 aliphatic heterocycles. The highest BCUT2D eigenvalue weighted by Crippen LogP contribution is 2.39. The highest BCUT2D eigenvalue weighted by molar-refractivity contribution is 7.98. The average molecular weight is 385 g/mol. The lowest BCUT2D eigenvalue weighted by Crippen LogP contribution is -2.35. The number of aromatic nitrogens is 4. The number of carbonyl (C=O) groups excluding carboxylic acids is 1. The van der Waals surface area contributed by atoms with Gasteiger partial charge >= 0.3 is 0 Å². The number of rotatable bonds is 4. The number of nitrogens with two attached hydrogens (primary N) is 2. The van der Waals surface area contributed by atoms with Gasteiger partial charge in [0.05, 0.1) is 11.6 Å². The van der Waals surface area contributed by atoms with Crippen molar-refractivity contribution in [3.05, 3.63) is 24.0 Å². The van der Waals surface area contributed by atoms with Crippen LogP contribution in [0.2, 0.25) is 0 Å². The normalized spacial score (nSPS) is 23.1. The summed E-state index contributed by atoms with van der Waals surface area (Å²) in [7, 11) is 0. The van der Waals surface area contributed by atoms with Crippen LogP contribution in [0.25, 0.3) is 21.8 Å². The average Bonchev–Trinajstić information content (AvgIpc) is 3.07. The van der Waals surface area contributed by atoms with Crippen LogP contribution in [-0.2, 0) is 0 Å². The molecule has 3 atom stereocenters. The van der Waals surface area contributed by atoms with Crippen molar-refractivity contribution >= 4 is 39.5 Å². The van der Waals surface area contributed by atoms with E-state index in [9.17, 15) is 4.79 Å². The molecule has 0 spiro atoms. The van der Waals surface area contributed by atoms with Gasteiger partial charge in [-0.15, -0.1) is 0 Å². The van der Waals surface area contributed by atoms with E-state index in [1.165, 1.54) is 11.8 Å². The van der Waals surface area contributed by atoms with Crippen LogP contribution in [0.1, 0.15) is 49.1 Å². The molecule has 0 saturated heterocycles. The number of amides is 1. The van der Waals surface area contributed by atoms with E-state index in [-0.39, 0.29) is 12.1 Å². The molecule has 2 aromatic heterocycles. The lowest BCUT2D eigenvalue weighted by molar-refractivity contribution is 0.0994. The van der Waals surface area contributed by atoms with Crippen LogP contribution < -0.4 is 11.5 Å². The number of hydrogen-bond acceptors (Lipinski definition) is 6. The Labute approximate surface area is 161 Å². The van der Waals surface area contributed by atoms with Crippen molar-refractivity contribution in [1.82, 2.24) is 19.7 Å². The van der Waals surface area contributed by atoms with Gasteiger partial charge in [0.25, 0.3) is 5.91 Å². The molecular formula is C19H24N6OS. The summed E-state index contributed by atoms with van der Waals surface area (Å²) in [6.45, 7) is 2.20. The first-order chi connectivity index (χ1) is 13.0. The SMILES string of the molecule is CCC1CCC(N)CC1n1nc(C(N)=O)c2ccc3cnc(SC)nc3c21. The number of primary amides is 1. The van der Waals surface area contributed by atoms with Gasteiger partial charge in [-0.25, -0.2) is 9.97 Å². The maximum absolute atomic E-state index is 12.1. The largest absolute Gasteiger partial charge is 0.364 e. The Morgan fingerprint density at radius 1 is 1.37 bits per heavy atom. The summed E-state index contributed by atoms with van der Waals surface area (Å²) in [5.74, 6) is -0.0591.